The third kappa shape index (κ3) is 2.41. The summed E-state index contributed by atoms with van der Waals surface area (Å²) >= 11 is 3.31. The maximum absolute atomic E-state index is 5.34. The van der Waals surface area contributed by atoms with Gasteiger partial charge in [0.15, 0.2) is 11.5 Å². The Hall–Kier alpha value is -1.75. The Balaban J connectivity index is 1.68. The Bertz CT molecular complexity index is 557. The van der Waals surface area contributed by atoms with Gasteiger partial charge in [-0.2, -0.15) is 0 Å². The Labute approximate surface area is 113 Å². The molecule has 1 aliphatic heterocycles. The molecule has 0 radical (unpaired) electrons. The molecule has 0 spiro atoms. The average Bonchev–Trinajstić information content (AvgIpc) is 2.85. The van der Waals surface area contributed by atoms with Crippen LogP contribution in [0.4, 0.5) is 5.69 Å². The largest absolute Gasteiger partial charge is 0.454 e. The standard InChI is InChI=1S/C13H11BrN2O2/c14-13-4-2-10(7-16-13)15-6-9-1-3-11-12(5-9)18-8-17-11/h1-5,7,15H,6,8H2. The molecule has 1 aliphatic rings. The molecule has 0 amide bonds. The Morgan fingerprint density at radius 2 is 2.06 bits per heavy atom. The smallest absolute Gasteiger partial charge is 0.231 e. The fraction of sp³-hybridized carbons (Fsp3) is 0.154. The minimum absolute atomic E-state index is 0.308. The van der Waals surface area contributed by atoms with E-state index in [1.807, 2.05) is 30.3 Å². The quantitative estimate of drug-likeness (QED) is 0.885. The van der Waals surface area contributed by atoms with Gasteiger partial charge in [0.05, 0.1) is 11.9 Å². The van der Waals surface area contributed by atoms with Gasteiger partial charge in [0.25, 0.3) is 0 Å². The van der Waals surface area contributed by atoms with Crippen molar-refractivity contribution in [2.45, 2.75) is 6.54 Å². The average molecular weight is 307 g/mol. The fourth-order valence-corrected chi connectivity index (χ4v) is 1.97. The summed E-state index contributed by atoms with van der Waals surface area (Å²) < 4.78 is 11.4. The Kier molecular flexibility index (Phi) is 3.06. The molecule has 1 aromatic carbocycles. The van der Waals surface area contributed by atoms with Gasteiger partial charge in [0, 0.05) is 6.54 Å². The summed E-state index contributed by atoms with van der Waals surface area (Å²) in [7, 11) is 0. The van der Waals surface area contributed by atoms with Crippen molar-refractivity contribution in [1.29, 1.82) is 0 Å². The molecule has 4 nitrogen and oxygen atoms in total. The molecular formula is C13H11BrN2O2. The van der Waals surface area contributed by atoms with Crippen molar-refractivity contribution >= 4 is 21.6 Å². The summed E-state index contributed by atoms with van der Waals surface area (Å²) in [6.45, 7) is 1.03. The number of anilines is 1. The normalized spacial score (nSPS) is 12.5. The van der Waals surface area contributed by atoms with E-state index >= 15 is 0 Å². The SMILES string of the molecule is Brc1ccc(NCc2ccc3c(c2)OCO3)cn1. The summed E-state index contributed by atoms with van der Waals surface area (Å²) in [6, 6.07) is 9.82. The van der Waals surface area contributed by atoms with Crippen molar-refractivity contribution < 1.29 is 9.47 Å². The third-order valence-corrected chi connectivity index (χ3v) is 3.13. The van der Waals surface area contributed by atoms with Crippen molar-refractivity contribution in [2.24, 2.45) is 0 Å². The molecule has 5 heteroatoms. The molecule has 1 N–H and O–H groups in total. The molecule has 1 aromatic heterocycles. The summed E-state index contributed by atoms with van der Waals surface area (Å²) in [4.78, 5) is 4.16. The van der Waals surface area contributed by atoms with Gasteiger partial charge in [-0.25, -0.2) is 4.98 Å². The molecule has 0 saturated carbocycles. The van der Waals surface area contributed by atoms with Crippen molar-refractivity contribution in [3.05, 3.63) is 46.7 Å². The van der Waals surface area contributed by atoms with Crippen molar-refractivity contribution in [1.82, 2.24) is 4.98 Å². The molecule has 92 valence electrons. The number of rotatable bonds is 3. The highest BCUT2D eigenvalue weighted by Crippen LogP contribution is 2.32. The van der Waals surface area contributed by atoms with Gasteiger partial charge in [-0.1, -0.05) is 6.07 Å². The van der Waals surface area contributed by atoms with Gasteiger partial charge in [-0.15, -0.1) is 0 Å². The molecule has 0 bridgehead atoms. The van der Waals surface area contributed by atoms with E-state index in [0.29, 0.717) is 6.79 Å². The fourth-order valence-electron chi connectivity index (χ4n) is 1.74. The van der Waals surface area contributed by atoms with Gasteiger partial charge in [0.2, 0.25) is 6.79 Å². The summed E-state index contributed by atoms with van der Waals surface area (Å²) in [5.74, 6) is 1.62. The van der Waals surface area contributed by atoms with E-state index in [2.05, 4.69) is 26.2 Å². The Morgan fingerprint density at radius 3 is 2.89 bits per heavy atom. The van der Waals surface area contributed by atoms with Crippen molar-refractivity contribution in [3.63, 3.8) is 0 Å². The summed E-state index contributed by atoms with van der Waals surface area (Å²) in [5.41, 5.74) is 2.12. The molecule has 0 unspecified atom stereocenters. The number of aromatic nitrogens is 1. The topological polar surface area (TPSA) is 43.4 Å². The van der Waals surface area contributed by atoms with Gasteiger partial charge >= 0.3 is 0 Å². The van der Waals surface area contributed by atoms with Crippen LogP contribution >= 0.6 is 15.9 Å². The lowest BCUT2D eigenvalue weighted by Gasteiger charge is -2.06. The van der Waals surface area contributed by atoms with Crippen LogP contribution in [-0.2, 0) is 6.54 Å². The van der Waals surface area contributed by atoms with Crippen LogP contribution in [0.5, 0.6) is 11.5 Å². The lowest BCUT2D eigenvalue weighted by molar-refractivity contribution is 0.174. The van der Waals surface area contributed by atoms with Gasteiger partial charge < -0.3 is 14.8 Å². The van der Waals surface area contributed by atoms with Crippen LogP contribution in [-0.4, -0.2) is 11.8 Å². The van der Waals surface area contributed by atoms with Gasteiger partial charge in [0.1, 0.15) is 4.60 Å². The lowest BCUT2D eigenvalue weighted by Crippen LogP contribution is -1.99. The number of ether oxygens (including phenoxy) is 2. The molecule has 0 aliphatic carbocycles. The zero-order valence-corrected chi connectivity index (χ0v) is 11.1. The maximum atomic E-state index is 5.34. The summed E-state index contributed by atoms with van der Waals surface area (Å²) in [6.07, 6.45) is 1.79. The number of fused-ring (bicyclic) bond motifs is 1. The number of halogens is 1. The minimum Gasteiger partial charge on any atom is -0.454 e. The minimum atomic E-state index is 0.308. The Morgan fingerprint density at radius 1 is 1.17 bits per heavy atom. The molecule has 0 fully saturated rings. The van der Waals surface area contributed by atoms with Crippen LogP contribution in [0.3, 0.4) is 0 Å². The van der Waals surface area contributed by atoms with Gasteiger partial charge in [-0.05, 0) is 45.8 Å². The zero-order chi connectivity index (χ0) is 12.4. The number of pyridine rings is 1. The lowest BCUT2D eigenvalue weighted by atomic mass is 10.2. The maximum Gasteiger partial charge on any atom is 0.231 e. The second kappa shape index (κ2) is 4.86. The number of nitrogens with zero attached hydrogens (tertiary/aromatic N) is 1. The first-order chi connectivity index (χ1) is 8.81. The van der Waals surface area contributed by atoms with E-state index in [1.165, 1.54) is 0 Å². The highest BCUT2D eigenvalue weighted by atomic mass is 79.9. The van der Waals surface area contributed by atoms with Crippen LogP contribution in [0.25, 0.3) is 0 Å². The molecule has 3 rings (SSSR count). The first-order valence-electron chi connectivity index (χ1n) is 5.55. The second-order valence-electron chi connectivity index (χ2n) is 3.91. The second-order valence-corrected chi connectivity index (χ2v) is 4.72. The summed E-state index contributed by atoms with van der Waals surface area (Å²) in [5, 5.41) is 3.30. The van der Waals surface area contributed by atoms with Crippen LogP contribution in [0.15, 0.2) is 41.1 Å². The number of hydrogen-bond donors (Lipinski definition) is 1. The van der Waals surface area contributed by atoms with Crippen molar-refractivity contribution in [3.8, 4) is 11.5 Å². The van der Waals surface area contributed by atoms with Crippen LogP contribution in [0.1, 0.15) is 5.56 Å². The van der Waals surface area contributed by atoms with E-state index in [9.17, 15) is 0 Å². The molecular weight excluding hydrogens is 296 g/mol. The van der Waals surface area contributed by atoms with Crippen LogP contribution in [0, 0.1) is 0 Å². The van der Waals surface area contributed by atoms with Crippen LogP contribution < -0.4 is 14.8 Å². The van der Waals surface area contributed by atoms with E-state index in [-0.39, 0.29) is 0 Å². The van der Waals surface area contributed by atoms with E-state index in [0.717, 1.165) is 33.9 Å². The molecule has 18 heavy (non-hydrogen) atoms. The first kappa shape index (κ1) is 11.3. The van der Waals surface area contributed by atoms with Crippen molar-refractivity contribution in [2.75, 3.05) is 12.1 Å². The first-order valence-corrected chi connectivity index (χ1v) is 6.34. The molecule has 0 atom stereocenters. The number of benzene rings is 1. The van der Waals surface area contributed by atoms with E-state index in [4.69, 9.17) is 9.47 Å². The molecule has 2 heterocycles. The predicted octanol–water partition coefficient (Wildman–Crippen LogP) is 3.18. The number of hydrogen-bond acceptors (Lipinski definition) is 4. The van der Waals surface area contributed by atoms with E-state index < -0.39 is 0 Å². The molecule has 2 aromatic rings. The van der Waals surface area contributed by atoms with Crippen LogP contribution in [0.2, 0.25) is 0 Å². The highest BCUT2D eigenvalue weighted by Gasteiger charge is 2.12. The van der Waals surface area contributed by atoms with Gasteiger partial charge in [-0.3, -0.25) is 0 Å². The monoisotopic (exact) mass is 306 g/mol. The van der Waals surface area contributed by atoms with E-state index in [1.54, 1.807) is 6.20 Å². The number of nitrogens with one attached hydrogen (secondary N) is 1. The third-order valence-electron chi connectivity index (χ3n) is 2.66. The molecule has 0 saturated heterocycles. The predicted molar refractivity (Wildman–Crippen MR) is 71.8 cm³/mol. The highest BCUT2D eigenvalue weighted by molar-refractivity contribution is 9.10. The zero-order valence-electron chi connectivity index (χ0n) is 9.52.